The number of rotatable bonds is 1. The molecular formula is C19H19N3O. The summed E-state index contributed by atoms with van der Waals surface area (Å²) in [5.74, 6) is 0.521. The third kappa shape index (κ3) is 2.05. The van der Waals surface area contributed by atoms with Crippen molar-refractivity contribution in [2.24, 2.45) is 7.05 Å². The Morgan fingerprint density at radius 2 is 1.83 bits per heavy atom. The van der Waals surface area contributed by atoms with Crippen molar-refractivity contribution in [2.75, 3.05) is 11.4 Å². The number of hydrogen-bond donors (Lipinski definition) is 0. The van der Waals surface area contributed by atoms with Crippen molar-refractivity contribution in [3.63, 3.8) is 0 Å². The minimum atomic E-state index is -0.0440. The highest BCUT2D eigenvalue weighted by Gasteiger charge is 2.24. The molecule has 1 aliphatic rings. The zero-order valence-electron chi connectivity index (χ0n) is 13.6. The van der Waals surface area contributed by atoms with Crippen LogP contribution < -0.4 is 10.5 Å². The summed E-state index contributed by atoms with van der Waals surface area (Å²) in [6.07, 6.45) is 0.950. The molecular weight excluding hydrogens is 286 g/mol. The Labute approximate surface area is 135 Å². The molecule has 4 nitrogen and oxygen atoms in total. The maximum Gasteiger partial charge on any atom is 0.294 e. The lowest BCUT2D eigenvalue weighted by Crippen LogP contribution is -2.28. The molecule has 0 saturated heterocycles. The second-order valence-corrected chi connectivity index (χ2v) is 6.26. The van der Waals surface area contributed by atoms with E-state index in [9.17, 15) is 4.79 Å². The van der Waals surface area contributed by atoms with Crippen molar-refractivity contribution in [3.05, 3.63) is 63.4 Å². The van der Waals surface area contributed by atoms with E-state index < -0.39 is 0 Å². The third-order valence-electron chi connectivity index (χ3n) is 4.82. The molecule has 4 heteroatoms. The summed E-state index contributed by atoms with van der Waals surface area (Å²) in [4.78, 5) is 19.6. The molecule has 1 aliphatic heterocycles. The molecule has 0 atom stereocenters. The molecule has 0 bridgehead atoms. The first kappa shape index (κ1) is 14.0. The van der Waals surface area contributed by atoms with Gasteiger partial charge in [-0.2, -0.15) is 0 Å². The first-order valence-electron chi connectivity index (χ1n) is 7.89. The Bertz CT molecular complexity index is 988. The Hall–Kier alpha value is -2.62. The zero-order chi connectivity index (χ0) is 16.1. The number of aryl methyl sites for hydroxylation is 3. The molecule has 0 spiro atoms. The number of hydrogen-bond acceptors (Lipinski definition) is 3. The van der Waals surface area contributed by atoms with Gasteiger partial charge in [0.15, 0.2) is 0 Å². The van der Waals surface area contributed by atoms with Crippen LogP contribution in [0.1, 0.15) is 16.7 Å². The number of nitrogens with zero attached hydrogens (tertiary/aromatic N) is 3. The van der Waals surface area contributed by atoms with Crippen LogP contribution in [0.15, 0.2) is 41.2 Å². The second-order valence-electron chi connectivity index (χ2n) is 6.26. The van der Waals surface area contributed by atoms with Gasteiger partial charge >= 0.3 is 0 Å². The van der Waals surface area contributed by atoms with Crippen molar-refractivity contribution in [1.82, 2.24) is 9.55 Å². The first-order chi connectivity index (χ1) is 11.1. The van der Waals surface area contributed by atoms with Gasteiger partial charge in [-0.3, -0.25) is 4.79 Å². The lowest BCUT2D eigenvalue weighted by molar-refractivity contribution is 0.866. The van der Waals surface area contributed by atoms with Crippen molar-refractivity contribution in [3.8, 4) is 0 Å². The van der Waals surface area contributed by atoms with Crippen molar-refractivity contribution >= 4 is 22.5 Å². The number of anilines is 2. The van der Waals surface area contributed by atoms with Crippen molar-refractivity contribution in [1.29, 1.82) is 0 Å². The molecule has 1 aromatic heterocycles. The van der Waals surface area contributed by atoms with E-state index in [1.165, 1.54) is 16.7 Å². The van der Waals surface area contributed by atoms with Crippen LogP contribution in [0.25, 0.3) is 11.0 Å². The summed E-state index contributed by atoms with van der Waals surface area (Å²) in [5, 5.41) is 0. The highest BCUT2D eigenvalue weighted by Crippen LogP contribution is 2.32. The van der Waals surface area contributed by atoms with E-state index in [1.54, 1.807) is 4.57 Å². The molecule has 0 fully saturated rings. The predicted octanol–water partition coefficient (Wildman–Crippen LogP) is 3.24. The lowest BCUT2D eigenvalue weighted by atomic mass is 10.1. The number of benzene rings is 2. The highest BCUT2D eigenvalue weighted by atomic mass is 16.1. The Kier molecular flexibility index (Phi) is 3.01. The van der Waals surface area contributed by atoms with E-state index in [2.05, 4.69) is 32.0 Å². The van der Waals surface area contributed by atoms with Crippen LogP contribution in [0.5, 0.6) is 0 Å². The van der Waals surface area contributed by atoms with E-state index in [1.807, 2.05) is 30.1 Å². The maximum absolute atomic E-state index is 12.8. The predicted molar refractivity (Wildman–Crippen MR) is 93.6 cm³/mol. The fourth-order valence-corrected chi connectivity index (χ4v) is 3.30. The maximum atomic E-state index is 12.8. The first-order valence-corrected chi connectivity index (χ1v) is 7.89. The lowest BCUT2D eigenvalue weighted by Gasteiger charge is -2.19. The normalized spacial score (nSPS) is 13.6. The molecule has 0 unspecified atom stereocenters. The summed E-state index contributed by atoms with van der Waals surface area (Å²) in [7, 11) is 1.83. The van der Waals surface area contributed by atoms with Gasteiger partial charge in [-0.1, -0.05) is 18.2 Å². The number of fused-ring (bicyclic) bond motifs is 2. The van der Waals surface area contributed by atoms with Gasteiger partial charge in [-0.05, 0) is 55.2 Å². The van der Waals surface area contributed by atoms with Crippen molar-refractivity contribution < 1.29 is 0 Å². The molecule has 2 heterocycles. The summed E-state index contributed by atoms with van der Waals surface area (Å²) in [6, 6.07) is 12.3. The highest BCUT2D eigenvalue weighted by molar-refractivity contribution is 5.80. The van der Waals surface area contributed by atoms with Gasteiger partial charge in [0.2, 0.25) is 5.82 Å². The molecule has 116 valence electrons. The van der Waals surface area contributed by atoms with Crippen LogP contribution in [0, 0.1) is 13.8 Å². The molecule has 0 radical (unpaired) electrons. The molecule has 0 amide bonds. The fourth-order valence-electron chi connectivity index (χ4n) is 3.30. The molecule has 2 aromatic carbocycles. The summed E-state index contributed by atoms with van der Waals surface area (Å²) in [5.41, 5.74) is 6.45. The van der Waals surface area contributed by atoms with E-state index in [4.69, 9.17) is 4.98 Å². The van der Waals surface area contributed by atoms with Crippen LogP contribution >= 0.6 is 0 Å². The molecule has 0 aliphatic carbocycles. The number of aromatic nitrogens is 2. The minimum absolute atomic E-state index is 0.0440. The Morgan fingerprint density at radius 3 is 2.65 bits per heavy atom. The second kappa shape index (κ2) is 4.95. The van der Waals surface area contributed by atoms with Crippen LogP contribution in [-0.4, -0.2) is 16.1 Å². The molecule has 4 rings (SSSR count). The topological polar surface area (TPSA) is 38.1 Å². The monoisotopic (exact) mass is 305 g/mol. The van der Waals surface area contributed by atoms with E-state index >= 15 is 0 Å². The van der Waals surface area contributed by atoms with Crippen LogP contribution in [-0.2, 0) is 13.5 Å². The van der Waals surface area contributed by atoms with Gasteiger partial charge in [0.25, 0.3) is 5.56 Å². The summed E-state index contributed by atoms with van der Waals surface area (Å²) in [6.45, 7) is 4.94. The van der Waals surface area contributed by atoms with Crippen LogP contribution in [0.3, 0.4) is 0 Å². The van der Waals surface area contributed by atoms with Gasteiger partial charge in [-0.15, -0.1) is 0 Å². The minimum Gasteiger partial charge on any atom is -0.321 e. The quantitative estimate of drug-likeness (QED) is 0.692. The Balaban J connectivity index is 1.97. The van der Waals surface area contributed by atoms with Crippen LogP contribution in [0.2, 0.25) is 0 Å². The van der Waals surface area contributed by atoms with Gasteiger partial charge < -0.3 is 9.47 Å². The van der Waals surface area contributed by atoms with Gasteiger partial charge in [-0.25, -0.2) is 4.98 Å². The molecule has 0 saturated carbocycles. The molecule has 3 aromatic rings. The largest absolute Gasteiger partial charge is 0.321 e. The summed E-state index contributed by atoms with van der Waals surface area (Å²) < 4.78 is 1.71. The van der Waals surface area contributed by atoms with Gasteiger partial charge in [0.1, 0.15) is 0 Å². The average Bonchev–Trinajstić information content (AvgIpc) is 2.97. The SMILES string of the molecule is Cc1cc2nc(N3CCc4ccccc43)c(=O)n(C)c2cc1C. The summed E-state index contributed by atoms with van der Waals surface area (Å²) >= 11 is 0. The standard InChI is InChI=1S/C19H19N3O/c1-12-10-15-17(11-13(12)2)21(3)19(23)18(20-15)22-9-8-14-6-4-5-7-16(14)22/h4-7,10-11H,8-9H2,1-3H3. The molecule has 23 heavy (non-hydrogen) atoms. The van der Waals surface area contributed by atoms with Gasteiger partial charge in [0.05, 0.1) is 11.0 Å². The van der Waals surface area contributed by atoms with Crippen molar-refractivity contribution in [2.45, 2.75) is 20.3 Å². The average molecular weight is 305 g/mol. The third-order valence-corrected chi connectivity index (χ3v) is 4.82. The molecule has 0 N–H and O–H groups in total. The zero-order valence-corrected chi connectivity index (χ0v) is 13.6. The number of para-hydroxylation sites is 1. The Morgan fingerprint density at radius 1 is 1.09 bits per heavy atom. The fraction of sp³-hybridized carbons (Fsp3) is 0.263. The van der Waals surface area contributed by atoms with E-state index in [0.29, 0.717) is 5.82 Å². The van der Waals surface area contributed by atoms with E-state index in [-0.39, 0.29) is 5.56 Å². The van der Waals surface area contributed by atoms with Gasteiger partial charge in [0, 0.05) is 19.3 Å². The van der Waals surface area contributed by atoms with E-state index in [0.717, 1.165) is 29.7 Å². The van der Waals surface area contributed by atoms with Crippen LogP contribution in [0.4, 0.5) is 11.5 Å². The smallest absolute Gasteiger partial charge is 0.294 e.